The molecule has 0 atom stereocenters. The van der Waals surface area contributed by atoms with Crippen molar-refractivity contribution >= 4 is 5.82 Å². The molecule has 9 heteroatoms. The number of alkyl halides is 3. The summed E-state index contributed by atoms with van der Waals surface area (Å²) in [5, 5.41) is 20.7. The first kappa shape index (κ1) is 16.4. The normalized spacial score (nSPS) is 14.4. The molecule has 5 nitrogen and oxygen atoms in total. The first-order chi connectivity index (χ1) is 11.3. The number of nitrogens with zero attached hydrogens (tertiary/aromatic N) is 2. The van der Waals surface area contributed by atoms with Crippen LogP contribution in [0.2, 0.25) is 0 Å². The second-order valence-electron chi connectivity index (χ2n) is 5.25. The van der Waals surface area contributed by atoms with Crippen molar-refractivity contribution in [2.75, 3.05) is 19.0 Å². The molecule has 2 aromatic rings. The van der Waals surface area contributed by atoms with Crippen LogP contribution in [-0.2, 0) is 23.9 Å². The van der Waals surface area contributed by atoms with Crippen molar-refractivity contribution in [2.24, 2.45) is 0 Å². The molecular formula is C15H13F4N3O2. The number of halogens is 4. The van der Waals surface area contributed by atoms with Crippen molar-refractivity contribution in [3.8, 4) is 17.0 Å². The predicted octanol–water partition coefficient (Wildman–Crippen LogP) is 3.12. The highest BCUT2D eigenvalue weighted by atomic mass is 19.4. The number of aromatic nitrogens is 2. The Bertz CT molecular complexity index is 793. The van der Waals surface area contributed by atoms with Crippen molar-refractivity contribution in [1.29, 1.82) is 0 Å². The van der Waals surface area contributed by atoms with Gasteiger partial charge in [0.25, 0.3) is 0 Å². The quantitative estimate of drug-likeness (QED) is 0.820. The van der Waals surface area contributed by atoms with E-state index in [2.05, 4.69) is 15.5 Å². The number of rotatable bonds is 2. The van der Waals surface area contributed by atoms with Crippen LogP contribution >= 0.6 is 0 Å². The van der Waals surface area contributed by atoms with Crippen LogP contribution in [0.25, 0.3) is 11.3 Å². The second kappa shape index (κ2) is 5.90. The number of phenolic OH excluding ortho intramolecular Hbond substituents is 1. The number of phenols is 1. The second-order valence-corrected chi connectivity index (χ2v) is 5.25. The van der Waals surface area contributed by atoms with Gasteiger partial charge in [0.1, 0.15) is 17.3 Å². The Hall–Kier alpha value is -2.42. The summed E-state index contributed by atoms with van der Waals surface area (Å²) in [4.78, 5) is 0. The van der Waals surface area contributed by atoms with Crippen LogP contribution in [0.4, 0.5) is 23.4 Å². The Morgan fingerprint density at radius 3 is 2.62 bits per heavy atom. The van der Waals surface area contributed by atoms with Gasteiger partial charge < -0.3 is 15.2 Å². The third kappa shape index (κ3) is 2.75. The van der Waals surface area contributed by atoms with E-state index in [1.54, 1.807) is 7.05 Å². The number of hydrogen-bond acceptors (Lipinski definition) is 5. The fourth-order valence-electron chi connectivity index (χ4n) is 2.67. The highest BCUT2D eigenvalue weighted by Crippen LogP contribution is 2.40. The van der Waals surface area contributed by atoms with E-state index in [0.29, 0.717) is 42.1 Å². The van der Waals surface area contributed by atoms with Gasteiger partial charge in [0, 0.05) is 18.2 Å². The molecule has 1 aromatic carbocycles. The molecule has 0 radical (unpaired) electrons. The molecule has 2 N–H and O–H groups in total. The third-order valence-corrected chi connectivity index (χ3v) is 3.81. The summed E-state index contributed by atoms with van der Waals surface area (Å²) in [6.45, 7) is 0.636. The molecule has 3 rings (SSSR count). The monoisotopic (exact) mass is 343 g/mol. The largest absolute Gasteiger partial charge is 0.507 e. The minimum absolute atomic E-state index is 0.131. The molecule has 0 saturated carbocycles. The molecule has 0 spiro atoms. The molecule has 24 heavy (non-hydrogen) atoms. The molecule has 1 aliphatic rings. The van der Waals surface area contributed by atoms with E-state index in [1.165, 1.54) is 0 Å². The van der Waals surface area contributed by atoms with Gasteiger partial charge in [0.2, 0.25) is 0 Å². The summed E-state index contributed by atoms with van der Waals surface area (Å²) < 4.78 is 57.4. The first-order valence-corrected chi connectivity index (χ1v) is 7.07. The van der Waals surface area contributed by atoms with Gasteiger partial charge >= 0.3 is 6.18 Å². The summed E-state index contributed by atoms with van der Waals surface area (Å²) >= 11 is 0. The van der Waals surface area contributed by atoms with Gasteiger partial charge in [0.05, 0.1) is 18.8 Å². The smallest absolute Gasteiger partial charge is 0.419 e. The first-order valence-electron chi connectivity index (χ1n) is 7.07. The molecule has 0 saturated heterocycles. The Morgan fingerprint density at radius 2 is 1.96 bits per heavy atom. The molecule has 128 valence electrons. The highest BCUT2D eigenvalue weighted by Gasteiger charge is 2.35. The van der Waals surface area contributed by atoms with Gasteiger partial charge in [-0.25, -0.2) is 4.39 Å². The maximum atomic E-state index is 13.9. The summed E-state index contributed by atoms with van der Waals surface area (Å²) in [6.07, 6.45) is -4.47. The van der Waals surface area contributed by atoms with Crippen LogP contribution in [0.3, 0.4) is 0 Å². The summed E-state index contributed by atoms with van der Waals surface area (Å²) in [5.74, 6) is -1.71. The molecule has 0 amide bonds. The van der Waals surface area contributed by atoms with Crippen molar-refractivity contribution in [1.82, 2.24) is 10.2 Å². The number of aromatic hydroxyl groups is 1. The predicted molar refractivity (Wildman–Crippen MR) is 77.0 cm³/mol. The van der Waals surface area contributed by atoms with Crippen LogP contribution in [0.5, 0.6) is 5.75 Å². The van der Waals surface area contributed by atoms with Crippen LogP contribution in [0, 0.1) is 5.82 Å². The van der Waals surface area contributed by atoms with E-state index < -0.39 is 23.3 Å². The van der Waals surface area contributed by atoms with Crippen LogP contribution in [0.1, 0.15) is 16.7 Å². The molecule has 0 unspecified atom stereocenters. The maximum absolute atomic E-state index is 13.9. The molecule has 0 fully saturated rings. The SMILES string of the molecule is CNc1nnc(-c2cc(F)c(C(F)(F)F)cc2O)c2c1COCC2. The average Bonchev–Trinajstić information content (AvgIpc) is 2.54. The number of nitrogens with one attached hydrogen (secondary N) is 1. The minimum Gasteiger partial charge on any atom is -0.507 e. The van der Waals surface area contributed by atoms with E-state index >= 15 is 0 Å². The van der Waals surface area contributed by atoms with Crippen molar-refractivity contribution < 1.29 is 27.4 Å². The standard InChI is InChI=1S/C15H13F4N3O2/c1-20-14-9-6-24-3-2-7(9)13(21-22-14)8-4-11(16)10(5-12(8)23)15(17,18)19/h4-5,23H,2-3,6H2,1H3,(H,20,22). The molecule has 0 bridgehead atoms. The van der Waals surface area contributed by atoms with Crippen molar-refractivity contribution in [3.63, 3.8) is 0 Å². The lowest BCUT2D eigenvalue weighted by atomic mass is 9.96. The lowest BCUT2D eigenvalue weighted by Crippen LogP contribution is -2.16. The summed E-state index contributed by atoms with van der Waals surface area (Å²) in [7, 11) is 1.65. The van der Waals surface area contributed by atoms with Gasteiger partial charge in [-0.3, -0.25) is 0 Å². The lowest BCUT2D eigenvalue weighted by Gasteiger charge is -2.21. The number of benzene rings is 1. The highest BCUT2D eigenvalue weighted by molar-refractivity contribution is 5.73. The van der Waals surface area contributed by atoms with Gasteiger partial charge in [-0.05, 0) is 24.1 Å². The minimum atomic E-state index is -4.89. The lowest BCUT2D eigenvalue weighted by molar-refractivity contribution is -0.140. The Labute approximate surface area is 134 Å². The van der Waals surface area contributed by atoms with Gasteiger partial charge in [0.15, 0.2) is 5.82 Å². The maximum Gasteiger partial charge on any atom is 0.419 e. The molecule has 1 aromatic heterocycles. The van der Waals surface area contributed by atoms with E-state index in [0.717, 1.165) is 0 Å². The zero-order valence-electron chi connectivity index (χ0n) is 12.5. The van der Waals surface area contributed by atoms with Gasteiger partial charge in [-0.15, -0.1) is 10.2 Å². The fourth-order valence-corrected chi connectivity index (χ4v) is 2.67. The Balaban J connectivity index is 2.18. The topological polar surface area (TPSA) is 67.3 Å². The molecular weight excluding hydrogens is 330 g/mol. The van der Waals surface area contributed by atoms with Crippen LogP contribution in [-0.4, -0.2) is 29.0 Å². The number of hydrogen-bond donors (Lipinski definition) is 2. The Kier molecular flexibility index (Phi) is 4.04. The Morgan fingerprint density at radius 1 is 1.21 bits per heavy atom. The number of anilines is 1. The van der Waals surface area contributed by atoms with E-state index in [-0.39, 0.29) is 17.9 Å². The molecule has 1 aliphatic heterocycles. The van der Waals surface area contributed by atoms with Crippen LogP contribution in [0.15, 0.2) is 12.1 Å². The number of ether oxygens (including phenoxy) is 1. The van der Waals surface area contributed by atoms with Gasteiger partial charge in [-0.1, -0.05) is 0 Å². The average molecular weight is 343 g/mol. The third-order valence-electron chi connectivity index (χ3n) is 3.81. The van der Waals surface area contributed by atoms with E-state index in [1.807, 2.05) is 0 Å². The van der Waals surface area contributed by atoms with Crippen molar-refractivity contribution in [2.45, 2.75) is 19.2 Å². The zero-order chi connectivity index (χ0) is 17.5. The summed E-state index contributed by atoms with van der Waals surface area (Å²) in [6, 6.07) is 1.00. The molecule has 0 aliphatic carbocycles. The number of fused-ring (bicyclic) bond motifs is 1. The fraction of sp³-hybridized carbons (Fsp3) is 0.333. The molecule has 2 heterocycles. The van der Waals surface area contributed by atoms with E-state index in [9.17, 15) is 22.7 Å². The van der Waals surface area contributed by atoms with Crippen molar-refractivity contribution in [3.05, 3.63) is 34.6 Å². The summed E-state index contributed by atoms with van der Waals surface area (Å²) in [5.41, 5.74) is -0.157. The van der Waals surface area contributed by atoms with Gasteiger partial charge in [-0.2, -0.15) is 13.2 Å². The van der Waals surface area contributed by atoms with E-state index in [4.69, 9.17) is 4.74 Å². The zero-order valence-corrected chi connectivity index (χ0v) is 12.5. The van der Waals surface area contributed by atoms with Crippen LogP contribution < -0.4 is 5.32 Å².